The summed E-state index contributed by atoms with van der Waals surface area (Å²) in [6.45, 7) is 3.04. The monoisotopic (exact) mass is 389 g/mol. The number of aliphatic hydroxyl groups is 1. The average molecular weight is 389 g/mol. The van der Waals surface area contributed by atoms with Crippen molar-refractivity contribution in [1.82, 2.24) is 4.98 Å². The molecule has 0 saturated heterocycles. The van der Waals surface area contributed by atoms with E-state index in [9.17, 15) is 26.7 Å². The molecule has 0 aliphatic rings. The number of halogens is 3. The second kappa shape index (κ2) is 7.24. The summed E-state index contributed by atoms with van der Waals surface area (Å²) in [4.78, 5) is 3.79. The first-order valence-electron chi connectivity index (χ1n) is 7.62. The first-order valence-corrected chi connectivity index (χ1v) is 9.51. The number of aliphatic hydroxyl groups excluding tert-OH is 1. The largest absolute Gasteiger partial charge is 0.471 e. The van der Waals surface area contributed by atoms with Crippen LogP contribution in [-0.4, -0.2) is 37.0 Å². The lowest BCUT2D eigenvalue weighted by Gasteiger charge is -2.19. The minimum atomic E-state index is -4.59. The zero-order valence-electron chi connectivity index (χ0n) is 14.3. The van der Waals surface area contributed by atoms with Gasteiger partial charge in [0.15, 0.2) is 9.84 Å². The van der Waals surface area contributed by atoms with E-state index >= 15 is 0 Å². The van der Waals surface area contributed by atoms with Crippen LogP contribution in [0.2, 0.25) is 0 Å². The molecule has 5 nitrogen and oxygen atoms in total. The minimum Gasteiger partial charge on any atom is -0.471 e. The van der Waals surface area contributed by atoms with Gasteiger partial charge < -0.3 is 9.84 Å². The summed E-state index contributed by atoms with van der Waals surface area (Å²) >= 11 is 0. The number of aromatic nitrogens is 1. The number of nitrogens with zero attached hydrogens (tertiary/aromatic N) is 1. The normalized spacial score (nSPS) is 14.7. The molecule has 142 valence electrons. The maximum absolute atomic E-state index is 13.0. The number of pyridine rings is 1. The van der Waals surface area contributed by atoms with Crippen molar-refractivity contribution in [1.29, 1.82) is 0 Å². The lowest BCUT2D eigenvalue weighted by Crippen LogP contribution is -2.26. The molecular formula is C17H18F3NO4S. The Morgan fingerprint density at radius 3 is 2.19 bits per heavy atom. The van der Waals surface area contributed by atoms with Crippen molar-refractivity contribution < 1.29 is 31.4 Å². The Bertz CT molecular complexity index is 878. The Kier molecular flexibility index (Phi) is 5.62. The summed E-state index contributed by atoms with van der Waals surface area (Å²) in [5, 5.41) is 9.55. The Hall–Kier alpha value is -2.13. The van der Waals surface area contributed by atoms with Gasteiger partial charge in [-0.15, -0.1) is 0 Å². The molecule has 1 aromatic carbocycles. The maximum atomic E-state index is 13.0. The fraction of sp³-hybridized carbons (Fsp3) is 0.353. The first kappa shape index (κ1) is 20.2. The van der Waals surface area contributed by atoms with Gasteiger partial charge >= 0.3 is 6.18 Å². The Morgan fingerprint density at radius 1 is 1.15 bits per heavy atom. The van der Waals surface area contributed by atoms with Crippen LogP contribution < -0.4 is 4.74 Å². The van der Waals surface area contributed by atoms with Crippen molar-refractivity contribution in [2.45, 2.75) is 37.1 Å². The van der Waals surface area contributed by atoms with Crippen LogP contribution in [0.15, 0.2) is 41.4 Å². The number of ether oxygens (including phenoxy) is 1. The van der Waals surface area contributed by atoms with Gasteiger partial charge in [-0.05, 0) is 37.6 Å². The second-order valence-corrected chi connectivity index (χ2v) is 7.95. The standard InChI is InChI=1S/C17H18F3NO4S/c1-10(22)11(2)25-16-15(8-13(9-21-16)17(18,19)20)12-4-6-14(7-5-12)26(3,23)24/h4-11,22H,1-3H3/t10-,11+/m1/s1. The third-order valence-electron chi connectivity index (χ3n) is 3.75. The van der Waals surface area contributed by atoms with E-state index in [1.165, 1.54) is 31.2 Å². The Labute approximate surface area is 149 Å². The highest BCUT2D eigenvalue weighted by atomic mass is 32.2. The van der Waals surface area contributed by atoms with Crippen molar-refractivity contribution in [3.05, 3.63) is 42.1 Å². The Balaban J connectivity index is 2.55. The molecule has 0 bridgehead atoms. The quantitative estimate of drug-likeness (QED) is 0.849. The molecule has 2 atom stereocenters. The molecule has 0 unspecified atom stereocenters. The van der Waals surface area contributed by atoms with Gasteiger partial charge in [-0.2, -0.15) is 13.2 Å². The van der Waals surface area contributed by atoms with Gasteiger partial charge in [-0.1, -0.05) is 12.1 Å². The van der Waals surface area contributed by atoms with Crippen LogP contribution in [0.5, 0.6) is 5.88 Å². The van der Waals surface area contributed by atoms with Crippen molar-refractivity contribution in [3.63, 3.8) is 0 Å². The summed E-state index contributed by atoms with van der Waals surface area (Å²) < 4.78 is 67.6. The van der Waals surface area contributed by atoms with Gasteiger partial charge in [0, 0.05) is 18.0 Å². The predicted octanol–water partition coefficient (Wildman–Crippen LogP) is 3.32. The summed E-state index contributed by atoms with van der Waals surface area (Å²) in [6.07, 6.45) is -4.47. The summed E-state index contributed by atoms with van der Waals surface area (Å²) in [6, 6.07) is 6.24. The SMILES string of the molecule is C[C@H](Oc1ncc(C(F)(F)F)cc1-c1ccc(S(C)(=O)=O)cc1)[C@@H](C)O. The van der Waals surface area contributed by atoms with Crippen LogP contribution >= 0.6 is 0 Å². The van der Waals surface area contributed by atoms with Crippen LogP contribution in [0.4, 0.5) is 13.2 Å². The van der Waals surface area contributed by atoms with Crippen molar-refractivity contribution in [3.8, 4) is 17.0 Å². The number of alkyl halides is 3. The fourth-order valence-electron chi connectivity index (χ4n) is 2.06. The van der Waals surface area contributed by atoms with E-state index in [4.69, 9.17) is 4.74 Å². The highest BCUT2D eigenvalue weighted by Gasteiger charge is 2.32. The number of benzene rings is 1. The molecule has 0 radical (unpaired) electrons. The molecular weight excluding hydrogens is 371 g/mol. The molecule has 2 rings (SSSR count). The number of rotatable bonds is 5. The van der Waals surface area contributed by atoms with Crippen molar-refractivity contribution in [2.75, 3.05) is 6.26 Å². The minimum absolute atomic E-state index is 0.0426. The van der Waals surface area contributed by atoms with Gasteiger partial charge in [0.2, 0.25) is 5.88 Å². The van der Waals surface area contributed by atoms with E-state index in [2.05, 4.69) is 4.98 Å². The number of sulfone groups is 1. The zero-order valence-corrected chi connectivity index (χ0v) is 15.1. The molecule has 0 aliphatic carbocycles. The van der Waals surface area contributed by atoms with E-state index in [0.717, 1.165) is 12.3 Å². The highest BCUT2D eigenvalue weighted by molar-refractivity contribution is 7.90. The third kappa shape index (κ3) is 4.73. The van der Waals surface area contributed by atoms with Crippen LogP contribution in [0.1, 0.15) is 19.4 Å². The molecule has 0 aliphatic heterocycles. The predicted molar refractivity (Wildman–Crippen MR) is 89.6 cm³/mol. The number of hydrogen-bond acceptors (Lipinski definition) is 5. The molecule has 9 heteroatoms. The van der Waals surface area contributed by atoms with Gasteiger partial charge in [0.1, 0.15) is 6.10 Å². The number of hydrogen-bond donors (Lipinski definition) is 1. The first-order chi connectivity index (χ1) is 11.9. The molecule has 2 aromatic rings. The van der Waals surface area contributed by atoms with Crippen molar-refractivity contribution >= 4 is 9.84 Å². The Morgan fingerprint density at radius 2 is 1.73 bits per heavy atom. The average Bonchev–Trinajstić information content (AvgIpc) is 2.53. The van der Waals surface area contributed by atoms with E-state index < -0.39 is 33.8 Å². The lowest BCUT2D eigenvalue weighted by molar-refractivity contribution is -0.137. The second-order valence-electron chi connectivity index (χ2n) is 5.93. The van der Waals surface area contributed by atoms with Crippen LogP contribution in [0, 0.1) is 0 Å². The summed E-state index contributed by atoms with van der Waals surface area (Å²) in [5.41, 5.74) is -0.604. The molecule has 0 spiro atoms. The molecule has 1 N–H and O–H groups in total. The van der Waals surface area contributed by atoms with Crippen LogP contribution in [0.25, 0.3) is 11.1 Å². The molecule has 0 saturated carbocycles. The summed E-state index contributed by atoms with van der Waals surface area (Å²) in [7, 11) is -3.43. The highest BCUT2D eigenvalue weighted by Crippen LogP contribution is 2.36. The van der Waals surface area contributed by atoms with Crippen molar-refractivity contribution in [2.24, 2.45) is 0 Å². The van der Waals surface area contributed by atoms with Gasteiger partial charge in [0.25, 0.3) is 0 Å². The molecule has 0 fully saturated rings. The third-order valence-corrected chi connectivity index (χ3v) is 4.88. The smallest absolute Gasteiger partial charge is 0.417 e. The van der Waals surface area contributed by atoms with E-state index in [1.807, 2.05) is 0 Å². The van der Waals surface area contributed by atoms with Gasteiger partial charge in [0.05, 0.1) is 16.6 Å². The van der Waals surface area contributed by atoms with Crippen LogP contribution in [0.3, 0.4) is 0 Å². The summed E-state index contributed by atoms with van der Waals surface area (Å²) in [5.74, 6) is -0.0847. The van der Waals surface area contributed by atoms with E-state index in [0.29, 0.717) is 11.8 Å². The zero-order chi connectivity index (χ0) is 19.7. The van der Waals surface area contributed by atoms with Gasteiger partial charge in [-0.3, -0.25) is 0 Å². The topological polar surface area (TPSA) is 76.5 Å². The van der Waals surface area contributed by atoms with E-state index in [-0.39, 0.29) is 16.3 Å². The van der Waals surface area contributed by atoms with Gasteiger partial charge in [-0.25, -0.2) is 13.4 Å². The lowest BCUT2D eigenvalue weighted by atomic mass is 10.0. The van der Waals surface area contributed by atoms with E-state index in [1.54, 1.807) is 6.92 Å². The molecule has 1 heterocycles. The molecule has 1 aromatic heterocycles. The molecule has 26 heavy (non-hydrogen) atoms. The van der Waals surface area contributed by atoms with Crippen LogP contribution in [-0.2, 0) is 16.0 Å². The molecule has 0 amide bonds. The maximum Gasteiger partial charge on any atom is 0.417 e. The fourth-order valence-corrected chi connectivity index (χ4v) is 2.69.